The molecule has 0 radical (unpaired) electrons. The van der Waals surface area contributed by atoms with Crippen LogP contribution in [0.25, 0.3) is 10.9 Å². The van der Waals surface area contributed by atoms with Gasteiger partial charge in [-0.15, -0.1) is 0 Å². The average molecular weight is 372 g/mol. The fraction of sp³-hybridized carbons (Fsp3) is 0.133. The van der Waals surface area contributed by atoms with Gasteiger partial charge in [-0.25, -0.2) is 0 Å². The first-order chi connectivity index (χ1) is 12.9. The summed E-state index contributed by atoms with van der Waals surface area (Å²) in [6.07, 6.45) is 2.30. The Morgan fingerprint density at radius 2 is 2.11 bits per heavy atom. The summed E-state index contributed by atoms with van der Waals surface area (Å²) >= 11 is 0. The Morgan fingerprint density at radius 3 is 2.78 bits per heavy atom. The summed E-state index contributed by atoms with van der Waals surface area (Å²) in [7, 11) is 1.47. The van der Waals surface area contributed by atoms with E-state index in [0.29, 0.717) is 22.2 Å². The van der Waals surface area contributed by atoms with Crippen LogP contribution in [0.3, 0.4) is 0 Å². The Kier molecular flexibility index (Phi) is 3.47. The van der Waals surface area contributed by atoms with E-state index in [1.165, 1.54) is 13.3 Å². The number of hydrogen-bond acceptors (Lipinski definition) is 8. The molecule has 1 N–H and O–H groups in total. The van der Waals surface area contributed by atoms with E-state index in [4.69, 9.17) is 4.74 Å². The zero-order valence-corrected chi connectivity index (χ0v) is 13.6. The fourth-order valence-electron chi connectivity index (χ4n) is 3.20. The van der Waals surface area contributed by atoms with Crippen molar-refractivity contribution >= 4 is 16.6 Å². The monoisotopic (exact) mass is 372 g/mol. The SMILES string of the molecule is COc1ccc2[nH]cc(C3C([N+](=O)[O-])=CC(=[N+]([O-])[O-])c4no[n+]([O-])c43)c2c1. The molecule has 1 aromatic carbocycles. The van der Waals surface area contributed by atoms with Gasteiger partial charge in [-0.05, 0) is 28.7 Å². The van der Waals surface area contributed by atoms with Crippen molar-refractivity contribution in [1.29, 1.82) is 0 Å². The number of nitrogens with zero attached hydrogens (tertiary/aromatic N) is 4. The van der Waals surface area contributed by atoms with Crippen molar-refractivity contribution in [1.82, 2.24) is 10.1 Å². The summed E-state index contributed by atoms with van der Waals surface area (Å²) in [5, 5.41) is 50.3. The van der Waals surface area contributed by atoms with Crippen molar-refractivity contribution in [2.45, 2.75) is 5.92 Å². The third-order valence-electron chi connectivity index (χ3n) is 4.38. The lowest BCUT2D eigenvalue weighted by atomic mass is 9.86. The van der Waals surface area contributed by atoms with Gasteiger partial charge in [0, 0.05) is 17.1 Å². The number of hydrogen-bond donors (Lipinski definition) is 1. The molecule has 12 heteroatoms. The number of rotatable bonds is 3. The van der Waals surface area contributed by atoms with Crippen LogP contribution in [0.5, 0.6) is 5.75 Å². The first-order valence-corrected chi connectivity index (χ1v) is 7.54. The van der Waals surface area contributed by atoms with Crippen LogP contribution >= 0.6 is 0 Å². The average Bonchev–Trinajstić information content (AvgIpc) is 3.23. The van der Waals surface area contributed by atoms with E-state index in [1.807, 2.05) is 0 Å². The summed E-state index contributed by atoms with van der Waals surface area (Å²) < 4.78 is 9.69. The molecule has 0 amide bonds. The van der Waals surface area contributed by atoms with Crippen molar-refractivity contribution in [2.24, 2.45) is 0 Å². The quantitative estimate of drug-likeness (QED) is 0.401. The molecule has 3 aromatic rings. The molecular weight excluding hydrogens is 362 g/mol. The molecular formula is C15H10N5O7-. The van der Waals surface area contributed by atoms with Crippen LogP contribution in [0.2, 0.25) is 0 Å². The number of benzene rings is 1. The van der Waals surface area contributed by atoms with E-state index in [2.05, 4.69) is 14.8 Å². The van der Waals surface area contributed by atoms with E-state index in [-0.39, 0.29) is 16.3 Å². The molecule has 0 saturated carbocycles. The summed E-state index contributed by atoms with van der Waals surface area (Å²) in [6.45, 7) is 0. The van der Waals surface area contributed by atoms with E-state index in [0.717, 1.165) is 6.08 Å². The van der Waals surface area contributed by atoms with Gasteiger partial charge in [0.05, 0.1) is 23.3 Å². The van der Waals surface area contributed by atoms with Gasteiger partial charge in [0.2, 0.25) is 5.69 Å². The Balaban J connectivity index is 2.04. The van der Waals surface area contributed by atoms with Crippen LogP contribution in [0.15, 0.2) is 40.8 Å². The predicted molar refractivity (Wildman–Crippen MR) is 88.3 cm³/mol. The molecule has 0 spiro atoms. The number of aromatic amines is 1. The van der Waals surface area contributed by atoms with Gasteiger partial charge < -0.3 is 25.3 Å². The molecule has 0 bridgehead atoms. The van der Waals surface area contributed by atoms with E-state index in [9.17, 15) is 25.7 Å². The molecule has 2 aromatic heterocycles. The molecule has 1 aliphatic rings. The van der Waals surface area contributed by atoms with E-state index < -0.39 is 27.2 Å². The number of H-pyrrole nitrogens is 1. The van der Waals surface area contributed by atoms with Gasteiger partial charge in [0.15, 0.2) is 0 Å². The normalized spacial score (nSPS) is 16.1. The molecule has 0 fully saturated rings. The number of fused-ring (bicyclic) bond motifs is 2. The maximum Gasteiger partial charge on any atom is 0.318 e. The molecule has 1 aliphatic carbocycles. The van der Waals surface area contributed by atoms with Crippen LogP contribution < -0.4 is 9.64 Å². The van der Waals surface area contributed by atoms with Crippen molar-refractivity contribution in [2.75, 3.05) is 7.11 Å². The number of nitrogens with one attached hydrogen (secondary N) is 1. The van der Waals surface area contributed by atoms with Crippen LogP contribution in [-0.4, -0.2) is 32.8 Å². The Bertz CT molecular complexity index is 1140. The smallest absolute Gasteiger partial charge is 0.318 e. The molecule has 1 atom stereocenters. The predicted octanol–water partition coefficient (Wildman–Crippen LogP) is 0.901. The topological polar surface area (TPSA) is 170 Å². The van der Waals surface area contributed by atoms with Gasteiger partial charge in [0.1, 0.15) is 11.7 Å². The second kappa shape index (κ2) is 5.72. The van der Waals surface area contributed by atoms with Crippen LogP contribution in [0, 0.1) is 25.7 Å². The standard InChI is InChI=1S/C15H10N5O7/c1-26-7-2-3-10-8(4-7)9(6-16-10)13-11(18(21)22)5-12(19(23)24)14-15(13)20(25)27-17-14/h2-6,13,16H,1H3/q-1. The second-order valence-electron chi connectivity index (χ2n) is 5.72. The maximum atomic E-state index is 12.1. The van der Waals surface area contributed by atoms with Crippen molar-refractivity contribution in [3.8, 4) is 5.75 Å². The minimum atomic E-state index is -1.22. The summed E-state index contributed by atoms with van der Waals surface area (Å²) in [4.78, 5) is 12.9. The number of methoxy groups -OCH3 is 1. The zero-order valence-electron chi connectivity index (χ0n) is 13.6. The highest BCUT2D eigenvalue weighted by Crippen LogP contribution is 2.39. The molecule has 138 valence electrons. The molecule has 12 nitrogen and oxygen atoms in total. The van der Waals surface area contributed by atoms with Gasteiger partial charge in [0.25, 0.3) is 11.4 Å². The molecule has 4 rings (SSSR count). The van der Waals surface area contributed by atoms with E-state index in [1.54, 1.807) is 18.2 Å². The molecule has 0 aliphatic heterocycles. The van der Waals surface area contributed by atoms with Crippen LogP contribution in [0.1, 0.15) is 22.9 Å². The number of nitro groups is 1. The molecule has 1 unspecified atom stereocenters. The largest absolute Gasteiger partial charge is 0.612 e. The van der Waals surface area contributed by atoms with Crippen LogP contribution in [-0.2, 0) is 0 Å². The van der Waals surface area contributed by atoms with Gasteiger partial charge >= 0.3 is 5.69 Å². The summed E-state index contributed by atoms with van der Waals surface area (Å²) in [5.74, 6) is -0.716. The maximum absolute atomic E-state index is 12.1. The van der Waals surface area contributed by atoms with E-state index >= 15 is 0 Å². The third kappa shape index (κ3) is 2.34. The fourth-order valence-corrected chi connectivity index (χ4v) is 3.20. The number of ether oxygens (including phenoxy) is 1. The Labute approximate surface area is 149 Å². The minimum Gasteiger partial charge on any atom is -0.612 e. The van der Waals surface area contributed by atoms with Crippen molar-refractivity contribution in [3.05, 3.63) is 78.9 Å². The Hall–Kier alpha value is -4.09. The lowest BCUT2D eigenvalue weighted by molar-refractivity contribution is -0.808. The summed E-state index contributed by atoms with van der Waals surface area (Å²) in [5.41, 5.74) is -0.867. The third-order valence-corrected chi connectivity index (χ3v) is 4.38. The highest BCUT2D eigenvalue weighted by molar-refractivity contribution is 6.06. The highest BCUT2D eigenvalue weighted by Gasteiger charge is 2.47. The molecule has 0 saturated heterocycles. The van der Waals surface area contributed by atoms with Crippen LogP contribution in [0.4, 0.5) is 0 Å². The lowest BCUT2D eigenvalue weighted by Gasteiger charge is -2.16. The first-order valence-electron chi connectivity index (χ1n) is 7.54. The van der Waals surface area contributed by atoms with Gasteiger partial charge in [-0.1, -0.05) is 0 Å². The van der Waals surface area contributed by atoms with Crippen molar-refractivity contribution in [3.63, 3.8) is 0 Å². The highest BCUT2D eigenvalue weighted by atomic mass is 16.8. The lowest BCUT2D eigenvalue weighted by Crippen LogP contribution is -2.36. The van der Waals surface area contributed by atoms with Crippen molar-refractivity contribution < 1.29 is 24.1 Å². The number of aromatic nitrogens is 3. The molecule has 27 heavy (non-hydrogen) atoms. The second-order valence-corrected chi connectivity index (χ2v) is 5.72. The summed E-state index contributed by atoms with van der Waals surface area (Å²) in [6, 6.07) is 5.06. The first kappa shape index (κ1) is 16.4. The zero-order chi connectivity index (χ0) is 19.3. The Morgan fingerprint density at radius 1 is 1.33 bits per heavy atom. The minimum absolute atomic E-state index is 0.0427. The number of allylic oxidation sites excluding steroid dienone is 2. The van der Waals surface area contributed by atoms with Gasteiger partial charge in [-0.2, -0.15) is 4.90 Å². The van der Waals surface area contributed by atoms with Gasteiger partial charge in [-0.3, -0.25) is 14.7 Å². The molecule has 2 heterocycles.